The Morgan fingerprint density at radius 1 is 0.949 bits per heavy atom. The molecule has 3 heterocycles. The highest BCUT2D eigenvalue weighted by Gasteiger charge is 2.34. The summed E-state index contributed by atoms with van der Waals surface area (Å²) in [6, 6.07) is 13.3. The van der Waals surface area contributed by atoms with Gasteiger partial charge in [-0.15, -0.1) is 0 Å². The average Bonchev–Trinajstić information content (AvgIpc) is 2.88. The summed E-state index contributed by atoms with van der Waals surface area (Å²) >= 11 is 0. The van der Waals surface area contributed by atoms with E-state index in [0.717, 1.165) is 17.3 Å². The monoisotopic (exact) mass is 539 g/mol. The van der Waals surface area contributed by atoms with Crippen molar-refractivity contribution >= 4 is 22.5 Å². The first-order valence-corrected chi connectivity index (χ1v) is 12.6. The molecule has 0 aliphatic carbocycles. The Morgan fingerprint density at radius 3 is 2.36 bits per heavy atom. The highest BCUT2D eigenvalue weighted by molar-refractivity contribution is 5.90. The van der Waals surface area contributed by atoms with Gasteiger partial charge in [0.15, 0.2) is 11.5 Å². The lowest BCUT2D eigenvalue weighted by atomic mass is 9.85. The van der Waals surface area contributed by atoms with Crippen LogP contribution < -0.4 is 5.32 Å². The third-order valence-corrected chi connectivity index (χ3v) is 6.08. The number of hydrogen-bond donors (Lipinski definition) is 1. The summed E-state index contributed by atoms with van der Waals surface area (Å²) in [5, 5.41) is 3.87. The molecule has 0 amide bonds. The smallest absolute Gasteiger partial charge is 0.384 e. The second-order valence-corrected chi connectivity index (χ2v) is 10.4. The van der Waals surface area contributed by atoms with Gasteiger partial charge in [-0.05, 0) is 47.9 Å². The van der Waals surface area contributed by atoms with E-state index in [1.54, 1.807) is 13.2 Å². The van der Waals surface area contributed by atoms with Gasteiger partial charge in [-0.3, -0.25) is 4.98 Å². The third kappa shape index (κ3) is 6.88. The molecule has 0 aliphatic rings. The second-order valence-electron chi connectivity index (χ2n) is 10.4. The van der Waals surface area contributed by atoms with Gasteiger partial charge in [0.2, 0.25) is 0 Å². The van der Waals surface area contributed by atoms with Crippen LogP contribution in [-0.2, 0) is 27.7 Å². The van der Waals surface area contributed by atoms with Gasteiger partial charge in [0.1, 0.15) is 18.1 Å². The molecule has 10 heteroatoms. The van der Waals surface area contributed by atoms with Crippen LogP contribution in [0.25, 0.3) is 22.4 Å². The van der Waals surface area contributed by atoms with E-state index < -0.39 is 11.7 Å². The molecule has 0 bridgehead atoms. The predicted molar refractivity (Wildman–Crippen MR) is 145 cm³/mol. The van der Waals surface area contributed by atoms with Crippen molar-refractivity contribution in [1.82, 2.24) is 19.9 Å². The van der Waals surface area contributed by atoms with Crippen LogP contribution in [0.4, 0.5) is 24.7 Å². The Labute approximate surface area is 225 Å². The standard InChI is InChI=1S/C29H32F3N5O2/c1-18(2)15-39-16-24-36-26(34-20-10-8-19(9-11-20)28(3,4)17-38-5)21-12-13-23(35-27(21)37-24)25-22(29(30,31)32)7-6-14-33-25/h6-14,18H,15-17H2,1-5H3,(H,34,35,36,37). The number of methoxy groups -OCH3 is 1. The van der Waals surface area contributed by atoms with Crippen LogP contribution in [-0.4, -0.2) is 40.3 Å². The molecule has 4 aromatic rings. The van der Waals surface area contributed by atoms with E-state index >= 15 is 0 Å². The van der Waals surface area contributed by atoms with Crippen molar-refractivity contribution in [2.45, 2.75) is 45.9 Å². The maximum absolute atomic E-state index is 13.6. The van der Waals surface area contributed by atoms with Crippen molar-refractivity contribution in [3.8, 4) is 11.4 Å². The molecular weight excluding hydrogens is 507 g/mol. The normalized spacial score (nSPS) is 12.3. The molecule has 39 heavy (non-hydrogen) atoms. The molecule has 0 spiro atoms. The van der Waals surface area contributed by atoms with Crippen molar-refractivity contribution in [3.05, 3.63) is 71.7 Å². The van der Waals surface area contributed by atoms with E-state index in [1.807, 2.05) is 38.1 Å². The highest BCUT2D eigenvalue weighted by Crippen LogP contribution is 2.36. The van der Waals surface area contributed by atoms with Crippen LogP contribution in [0.2, 0.25) is 0 Å². The molecule has 0 fully saturated rings. The molecule has 206 valence electrons. The minimum Gasteiger partial charge on any atom is -0.384 e. The molecule has 3 aromatic heterocycles. The molecule has 0 radical (unpaired) electrons. The minimum atomic E-state index is -4.57. The van der Waals surface area contributed by atoms with E-state index in [4.69, 9.17) is 9.47 Å². The summed E-state index contributed by atoms with van der Waals surface area (Å²) in [4.78, 5) is 17.6. The van der Waals surface area contributed by atoms with Crippen molar-refractivity contribution in [1.29, 1.82) is 0 Å². The van der Waals surface area contributed by atoms with Crippen molar-refractivity contribution in [3.63, 3.8) is 0 Å². The molecule has 4 rings (SSSR count). The first kappa shape index (κ1) is 28.4. The SMILES string of the molecule is COCC(C)(C)c1ccc(Nc2nc(COCC(C)C)nc3nc(-c4ncccc4C(F)(F)F)ccc23)cc1. The molecule has 0 atom stereocenters. The number of aromatic nitrogens is 4. The van der Waals surface area contributed by atoms with Crippen LogP contribution in [0.5, 0.6) is 0 Å². The fourth-order valence-corrected chi connectivity index (χ4v) is 4.16. The maximum atomic E-state index is 13.6. The summed E-state index contributed by atoms with van der Waals surface area (Å²) in [5.74, 6) is 1.16. The van der Waals surface area contributed by atoms with Gasteiger partial charge in [-0.1, -0.05) is 39.8 Å². The number of hydrogen-bond acceptors (Lipinski definition) is 7. The van der Waals surface area contributed by atoms with E-state index in [0.29, 0.717) is 36.2 Å². The zero-order valence-electron chi connectivity index (χ0n) is 22.6. The number of nitrogens with one attached hydrogen (secondary N) is 1. The lowest BCUT2D eigenvalue weighted by molar-refractivity contribution is -0.137. The van der Waals surface area contributed by atoms with E-state index in [1.165, 1.54) is 18.3 Å². The van der Waals surface area contributed by atoms with Crippen LogP contribution in [0.15, 0.2) is 54.7 Å². The molecule has 1 aromatic carbocycles. The quantitative estimate of drug-likeness (QED) is 0.234. The second kappa shape index (κ2) is 11.6. The Balaban J connectivity index is 1.74. The Hall–Kier alpha value is -3.63. The van der Waals surface area contributed by atoms with Crippen molar-refractivity contribution < 1.29 is 22.6 Å². The first-order chi connectivity index (χ1) is 18.5. The first-order valence-electron chi connectivity index (χ1n) is 12.6. The van der Waals surface area contributed by atoms with Crippen LogP contribution in [0.3, 0.4) is 0 Å². The molecule has 0 saturated heterocycles. The van der Waals surface area contributed by atoms with Gasteiger partial charge < -0.3 is 14.8 Å². The van der Waals surface area contributed by atoms with Crippen LogP contribution >= 0.6 is 0 Å². The summed E-state index contributed by atoms with van der Waals surface area (Å²) in [5.41, 5.74) is 0.940. The predicted octanol–water partition coefficient (Wildman–Crippen LogP) is 6.95. The molecular formula is C29H32F3N5O2. The zero-order chi connectivity index (χ0) is 28.2. The van der Waals surface area contributed by atoms with Crippen LogP contribution in [0, 0.1) is 5.92 Å². The van der Waals surface area contributed by atoms with Crippen molar-refractivity contribution in [2.75, 3.05) is 25.6 Å². The van der Waals surface area contributed by atoms with Gasteiger partial charge >= 0.3 is 6.18 Å². The van der Waals surface area contributed by atoms with Gasteiger partial charge in [0, 0.05) is 31.0 Å². The van der Waals surface area contributed by atoms with E-state index in [2.05, 4.69) is 39.1 Å². The number of pyridine rings is 2. The summed E-state index contributed by atoms with van der Waals surface area (Å²) in [6.07, 6.45) is -3.26. The number of rotatable bonds is 10. The van der Waals surface area contributed by atoms with Gasteiger partial charge in [0.05, 0.1) is 23.3 Å². The topological polar surface area (TPSA) is 82.0 Å². The van der Waals surface area contributed by atoms with E-state index in [-0.39, 0.29) is 29.1 Å². The van der Waals surface area contributed by atoms with Crippen molar-refractivity contribution in [2.24, 2.45) is 5.92 Å². The number of benzene rings is 1. The lowest BCUT2D eigenvalue weighted by Crippen LogP contribution is -2.23. The number of anilines is 2. The number of fused-ring (bicyclic) bond motifs is 1. The van der Waals surface area contributed by atoms with Crippen LogP contribution in [0.1, 0.15) is 44.6 Å². The lowest BCUT2D eigenvalue weighted by Gasteiger charge is -2.24. The van der Waals surface area contributed by atoms with Gasteiger partial charge in [-0.2, -0.15) is 13.2 Å². The number of nitrogens with zero attached hydrogens (tertiary/aromatic N) is 4. The average molecular weight is 540 g/mol. The number of ether oxygens (including phenoxy) is 2. The maximum Gasteiger partial charge on any atom is 0.418 e. The highest BCUT2D eigenvalue weighted by atomic mass is 19.4. The number of alkyl halides is 3. The molecule has 7 nitrogen and oxygen atoms in total. The molecule has 1 N–H and O–H groups in total. The van der Waals surface area contributed by atoms with Gasteiger partial charge in [-0.25, -0.2) is 15.0 Å². The summed E-state index contributed by atoms with van der Waals surface area (Å²) < 4.78 is 52.0. The fraction of sp³-hybridized carbons (Fsp3) is 0.379. The fourth-order valence-electron chi connectivity index (χ4n) is 4.16. The van der Waals surface area contributed by atoms with Gasteiger partial charge in [0.25, 0.3) is 0 Å². The molecule has 0 unspecified atom stereocenters. The molecule has 0 aliphatic heterocycles. The number of halogens is 3. The Kier molecular flexibility index (Phi) is 8.46. The largest absolute Gasteiger partial charge is 0.418 e. The van der Waals surface area contributed by atoms with E-state index in [9.17, 15) is 13.2 Å². The molecule has 0 saturated carbocycles. The summed E-state index contributed by atoms with van der Waals surface area (Å²) in [7, 11) is 1.68. The minimum absolute atomic E-state index is 0.0684. The Bertz CT molecular complexity index is 1420. The summed E-state index contributed by atoms with van der Waals surface area (Å²) in [6.45, 7) is 9.51. The Morgan fingerprint density at radius 2 is 1.69 bits per heavy atom. The zero-order valence-corrected chi connectivity index (χ0v) is 22.6. The third-order valence-electron chi connectivity index (χ3n) is 6.08.